The van der Waals surface area contributed by atoms with Crippen LogP contribution in [0.5, 0.6) is 5.75 Å². The number of carbonyl (C=O) groups excluding carboxylic acids is 1. The van der Waals surface area contributed by atoms with Crippen molar-refractivity contribution in [2.24, 2.45) is 0 Å². The van der Waals surface area contributed by atoms with Crippen LogP contribution in [0, 0.1) is 0 Å². The number of phenols is 1. The van der Waals surface area contributed by atoms with E-state index in [9.17, 15) is 9.90 Å². The maximum absolute atomic E-state index is 12.0. The maximum Gasteiger partial charge on any atom is 0.255 e. The van der Waals surface area contributed by atoms with Gasteiger partial charge < -0.3 is 10.4 Å². The lowest BCUT2D eigenvalue weighted by Crippen LogP contribution is -2.11. The molecule has 0 saturated heterocycles. The van der Waals surface area contributed by atoms with Crippen LogP contribution in [0.2, 0.25) is 0 Å². The van der Waals surface area contributed by atoms with Crippen molar-refractivity contribution in [2.45, 2.75) is 12.8 Å². The number of halogens is 1. The van der Waals surface area contributed by atoms with E-state index in [0.717, 1.165) is 24.1 Å². The second-order valence-electron chi connectivity index (χ2n) is 4.50. The lowest BCUT2D eigenvalue weighted by atomic mass is 10.1. The summed E-state index contributed by atoms with van der Waals surface area (Å²) >= 11 is 5.68. The highest BCUT2D eigenvalue weighted by Gasteiger charge is 2.06. The Hall–Kier alpha value is -2.00. The van der Waals surface area contributed by atoms with Crippen LogP contribution in [0.3, 0.4) is 0 Å². The summed E-state index contributed by atoms with van der Waals surface area (Å²) in [6, 6.07) is 14.0. The van der Waals surface area contributed by atoms with Crippen molar-refractivity contribution in [3.8, 4) is 5.75 Å². The second-order valence-corrected chi connectivity index (χ2v) is 4.88. The number of phenolic OH excluding ortho intramolecular Hbond substituents is 1. The smallest absolute Gasteiger partial charge is 0.255 e. The fraction of sp³-hybridized carbons (Fsp3) is 0.188. The number of anilines is 1. The molecule has 0 aliphatic carbocycles. The topological polar surface area (TPSA) is 49.3 Å². The number of hydrogen-bond donors (Lipinski definition) is 2. The number of rotatable bonds is 5. The molecular formula is C16H16ClNO2. The molecule has 0 unspecified atom stereocenters. The van der Waals surface area contributed by atoms with Gasteiger partial charge in [-0.25, -0.2) is 0 Å². The second kappa shape index (κ2) is 6.96. The standard InChI is InChI=1S/C16H16ClNO2/c17-9-3-5-12-4-1-7-14(10-12)18-16(20)13-6-2-8-15(19)11-13/h1-2,4,6-8,10-11,19H,3,5,9H2,(H,18,20). The zero-order valence-corrected chi connectivity index (χ0v) is 11.7. The van der Waals surface area contributed by atoms with Crippen molar-refractivity contribution in [2.75, 3.05) is 11.2 Å². The summed E-state index contributed by atoms with van der Waals surface area (Å²) in [7, 11) is 0. The Morgan fingerprint density at radius 1 is 1.15 bits per heavy atom. The van der Waals surface area contributed by atoms with E-state index in [-0.39, 0.29) is 11.7 Å². The first-order chi connectivity index (χ1) is 9.69. The zero-order valence-electron chi connectivity index (χ0n) is 11.0. The molecule has 0 heterocycles. The molecular weight excluding hydrogens is 274 g/mol. The van der Waals surface area contributed by atoms with Crippen molar-refractivity contribution in [3.05, 3.63) is 59.7 Å². The molecule has 2 aromatic rings. The fourth-order valence-electron chi connectivity index (χ4n) is 1.93. The van der Waals surface area contributed by atoms with Crippen LogP contribution < -0.4 is 5.32 Å². The predicted octanol–water partition coefficient (Wildman–Crippen LogP) is 3.82. The van der Waals surface area contributed by atoms with Crippen LogP contribution in [0.1, 0.15) is 22.3 Å². The summed E-state index contributed by atoms with van der Waals surface area (Å²) in [4.78, 5) is 12.0. The first-order valence-corrected chi connectivity index (χ1v) is 6.98. The normalized spacial score (nSPS) is 10.2. The van der Waals surface area contributed by atoms with Gasteiger partial charge >= 0.3 is 0 Å². The number of amides is 1. The third-order valence-corrected chi connectivity index (χ3v) is 3.16. The largest absolute Gasteiger partial charge is 0.508 e. The summed E-state index contributed by atoms with van der Waals surface area (Å²) in [6.07, 6.45) is 1.80. The van der Waals surface area contributed by atoms with E-state index in [1.54, 1.807) is 12.1 Å². The van der Waals surface area contributed by atoms with Crippen LogP contribution in [0.25, 0.3) is 0 Å². The molecule has 0 radical (unpaired) electrons. The van der Waals surface area contributed by atoms with Crippen LogP contribution in [-0.4, -0.2) is 16.9 Å². The van der Waals surface area contributed by atoms with Gasteiger partial charge in [-0.3, -0.25) is 4.79 Å². The van der Waals surface area contributed by atoms with Gasteiger partial charge in [0.15, 0.2) is 0 Å². The van der Waals surface area contributed by atoms with E-state index in [1.807, 2.05) is 24.3 Å². The number of hydrogen-bond acceptors (Lipinski definition) is 2. The fourth-order valence-corrected chi connectivity index (χ4v) is 2.06. The van der Waals surface area contributed by atoms with Crippen LogP contribution in [0.15, 0.2) is 48.5 Å². The minimum atomic E-state index is -0.240. The van der Waals surface area contributed by atoms with Crippen LogP contribution in [0.4, 0.5) is 5.69 Å². The molecule has 2 N–H and O–H groups in total. The van der Waals surface area contributed by atoms with Gasteiger partial charge in [0.2, 0.25) is 0 Å². The molecule has 0 atom stereocenters. The van der Waals surface area contributed by atoms with Gasteiger partial charge in [0.25, 0.3) is 5.91 Å². The highest BCUT2D eigenvalue weighted by atomic mass is 35.5. The van der Waals surface area contributed by atoms with Gasteiger partial charge in [-0.1, -0.05) is 18.2 Å². The SMILES string of the molecule is O=C(Nc1cccc(CCCCl)c1)c1cccc(O)c1. The minimum absolute atomic E-state index is 0.0773. The summed E-state index contributed by atoms with van der Waals surface area (Å²) in [6.45, 7) is 0. The minimum Gasteiger partial charge on any atom is -0.508 e. The van der Waals surface area contributed by atoms with E-state index >= 15 is 0 Å². The van der Waals surface area contributed by atoms with E-state index in [0.29, 0.717) is 11.4 Å². The molecule has 20 heavy (non-hydrogen) atoms. The van der Waals surface area contributed by atoms with Gasteiger partial charge in [0, 0.05) is 17.1 Å². The summed E-state index contributed by atoms with van der Waals surface area (Å²) in [5.41, 5.74) is 2.31. The Balaban J connectivity index is 2.07. The van der Waals surface area contributed by atoms with E-state index in [1.165, 1.54) is 12.1 Å². The van der Waals surface area contributed by atoms with Gasteiger partial charge in [0.05, 0.1) is 0 Å². The van der Waals surface area contributed by atoms with Gasteiger partial charge in [-0.15, -0.1) is 11.6 Å². The third-order valence-electron chi connectivity index (χ3n) is 2.89. The Morgan fingerprint density at radius 2 is 1.95 bits per heavy atom. The molecule has 1 amide bonds. The maximum atomic E-state index is 12.0. The van der Waals surface area contributed by atoms with Crippen molar-refractivity contribution in [3.63, 3.8) is 0 Å². The Bertz CT molecular complexity index is 599. The van der Waals surface area contributed by atoms with Crippen molar-refractivity contribution < 1.29 is 9.90 Å². The molecule has 4 heteroatoms. The van der Waals surface area contributed by atoms with Gasteiger partial charge in [-0.2, -0.15) is 0 Å². The van der Waals surface area contributed by atoms with Crippen LogP contribution >= 0.6 is 11.6 Å². The number of aryl methyl sites for hydroxylation is 1. The first kappa shape index (κ1) is 14.4. The summed E-state index contributed by atoms with van der Waals surface area (Å²) in [5, 5.41) is 12.2. The van der Waals surface area contributed by atoms with Crippen molar-refractivity contribution in [1.29, 1.82) is 0 Å². The highest BCUT2D eigenvalue weighted by molar-refractivity contribution is 6.17. The molecule has 2 aromatic carbocycles. The Kier molecular flexibility index (Phi) is 5.02. The van der Waals surface area contributed by atoms with E-state index < -0.39 is 0 Å². The first-order valence-electron chi connectivity index (χ1n) is 6.44. The molecule has 0 spiro atoms. The number of nitrogens with one attached hydrogen (secondary N) is 1. The zero-order chi connectivity index (χ0) is 14.4. The molecule has 2 rings (SSSR count). The molecule has 104 valence electrons. The molecule has 0 aliphatic heterocycles. The molecule has 0 fully saturated rings. The lowest BCUT2D eigenvalue weighted by Gasteiger charge is -2.07. The van der Waals surface area contributed by atoms with Crippen molar-refractivity contribution in [1.82, 2.24) is 0 Å². The predicted molar refractivity (Wildman–Crippen MR) is 81.5 cm³/mol. The van der Waals surface area contributed by atoms with Crippen molar-refractivity contribution >= 4 is 23.2 Å². The van der Waals surface area contributed by atoms with E-state index in [4.69, 9.17) is 11.6 Å². The van der Waals surface area contributed by atoms with Gasteiger partial charge in [-0.05, 0) is 48.7 Å². The van der Waals surface area contributed by atoms with Gasteiger partial charge in [0.1, 0.15) is 5.75 Å². The molecule has 3 nitrogen and oxygen atoms in total. The molecule has 0 saturated carbocycles. The lowest BCUT2D eigenvalue weighted by molar-refractivity contribution is 0.102. The Morgan fingerprint density at radius 3 is 2.70 bits per heavy atom. The molecule has 0 aliphatic rings. The molecule has 0 bridgehead atoms. The summed E-state index contributed by atoms with van der Waals surface area (Å²) < 4.78 is 0. The summed E-state index contributed by atoms with van der Waals surface area (Å²) in [5.74, 6) is 0.462. The quantitative estimate of drug-likeness (QED) is 0.822. The average molecular weight is 290 g/mol. The number of carbonyl (C=O) groups is 1. The number of benzene rings is 2. The van der Waals surface area contributed by atoms with Crippen LogP contribution in [-0.2, 0) is 6.42 Å². The monoisotopic (exact) mass is 289 g/mol. The number of alkyl halides is 1. The Labute approximate surface area is 123 Å². The molecule has 0 aromatic heterocycles. The van der Waals surface area contributed by atoms with E-state index in [2.05, 4.69) is 5.32 Å². The highest BCUT2D eigenvalue weighted by Crippen LogP contribution is 2.16. The average Bonchev–Trinajstić information content (AvgIpc) is 2.45. The number of aromatic hydroxyl groups is 1. The third kappa shape index (κ3) is 4.00.